The molecule has 1 saturated heterocycles. The van der Waals surface area contributed by atoms with Crippen molar-refractivity contribution in [1.29, 1.82) is 0 Å². The van der Waals surface area contributed by atoms with E-state index in [2.05, 4.69) is 10.1 Å². The fraction of sp³-hybridized carbons (Fsp3) is 0.400. The second-order valence-electron chi connectivity index (χ2n) is 7.85. The molecule has 1 fully saturated rings. The molecule has 0 aliphatic carbocycles. The van der Waals surface area contributed by atoms with Crippen molar-refractivity contribution in [2.75, 3.05) is 34.0 Å². The average Bonchev–Trinajstić information content (AvgIpc) is 3.48. The van der Waals surface area contributed by atoms with Crippen LogP contribution in [0.15, 0.2) is 40.9 Å². The number of likely N-dealkylation sites (tertiary alicyclic amines) is 1. The summed E-state index contributed by atoms with van der Waals surface area (Å²) in [5, 5.41) is 4.15. The maximum atomic E-state index is 12.7. The second-order valence-corrected chi connectivity index (χ2v) is 7.85. The smallest absolute Gasteiger partial charge is 0.258 e. The number of aromatic nitrogens is 2. The van der Waals surface area contributed by atoms with Crippen LogP contribution in [0.3, 0.4) is 0 Å². The van der Waals surface area contributed by atoms with Crippen molar-refractivity contribution >= 4 is 5.91 Å². The third-order valence-electron chi connectivity index (χ3n) is 5.63. The third kappa shape index (κ3) is 4.93. The molecule has 3 aromatic rings. The van der Waals surface area contributed by atoms with E-state index in [0.717, 1.165) is 11.1 Å². The molecule has 2 aromatic carbocycles. The molecule has 0 saturated carbocycles. The van der Waals surface area contributed by atoms with Gasteiger partial charge in [-0.1, -0.05) is 11.2 Å². The molecule has 9 heteroatoms. The number of methoxy groups -OCH3 is 2. The van der Waals surface area contributed by atoms with Crippen LogP contribution in [-0.2, 0) is 11.3 Å². The van der Waals surface area contributed by atoms with Gasteiger partial charge in [0.1, 0.15) is 0 Å². The molecule has 1 atom stereocenters. The van der Waals surface area contributed by atoms with Crippen molar-refractivity contribution in [3.05, 3.63) is 47.8 Å². The summed E-state index contributed by atoms with van der Waals surface area (Å²) in [5.74, 6) is 3.37. The van der Waals surface area contributed by atoms with Crippen molar-refractivity contribution in [2.24, 2.45) is 0 Å². The second kappa shape index (κ2) is 10.5. The van der Waals surface area contributed by atoms with Crippen molar-refractivity contribution in [1.82, 2.24) is 15.0 Å². The minimum Gasteiger partial charge on any atom is -0.493 e. The zero-order valence-corrected chi connectivity index (χ0v) is 19.9. The highest BCUT2D eigenvalue weighted by Gasteiger charge is 2.34. The number of carbonyl (C=O) groups is 1. The quantitative estimate of drug-likeness (QED) is 0.440. The van der Waals surface area contributed by atoms with E-state index in [9.17, 15) is 4.79 Å². The van der Waals surface area contributed by atoms with Gasteiger partial charge < -0.3 is 28.4 Å². The van der Waals surface area contributed by atoms with Crippen molar-refractivity contribution in [3.8, 4) is 34.5 Å². The Balaban J connectivity index is 1.46. The molecule has 0 bridgehead atoms. The molecule has 0 N–H and O–H groups in total. The van der Waals surface area contributed by atoms with E-state index in [1.54, 1.807) is 26.4 Å². The van der Waals surface area contributed by atoms with Gasteiger partial charge >= 0.3 is 0 Å². The Kier molecular flexibility index (Phi) is 7.20. The number of hydrogen-bond donors (Lipinski definition) is 0. The molecular formula is C25H29N3O6. The zero-order chi connectivity index (χ0) is 24.1. The first-order chi connectivity index (χ1) is 16.6. The molecular weight excluding hydrogens is 438 g/mol. The number of hydrogen-bond acceptors (Lipinski definition) is 8. The fourth-order valence-corrected chi connectivity index (χ4v) is 4.00. The molecule has 1 aromatic heterocycles. The monoisotopic (exact) mass is 467 g/mol. The van der Waals surface area contributed by atoms with Gasteiger partial charge in [0.15, 0.2) is 28.8 Å². The molecule has 180 valence electrons. The van der Waals surface area contributed by atoms with Gasteiger partial charge in [-0.3, -0.25) is 4.79 Å². The van der Waals surface area contributed by atoms with E-state index in [-0.39, 0.29) is 11.8 Å². The Bertz CT molecular complexity index is 1150. The number of nitrogens with zero attached hydrogens (tertiary/aromatic N) is 3. The zero-order valence-electron chi connectivity index (χ0n) is 19.9. The predicted octanol–water partition coefficient (Wildman–Crippen LogP) is 4.07. The van der Waals surface area contributed by atoms with Crippen molar-refractivity contribution in [2.45, 2.75) is 32.7 Å². The molecule has 1 aliphatic heterocycles. The average molecular weight is 468 g/mol. The lowest BCUT2D eigenvalue weighted by Gasteiger charge is -2.18. The van der Waals surface area contributed by atoms with Gasteiger partial charge in [-0.2, -0.15) is 4.98 Å². The molecule has 1 unspecified atom stereocenters. The Morgan fingerprint density at radius 2 is 1.71 bits per heavy atom. The number of rotatable bonds is 10. The number of ether oxygens (including phenoxy) is 4. The number of carbonyl (C=O) groups excluding carboxylic acids is 1. The standard InChI is InChI=1S/C25H29N3O6/c1-5-32-20-9-7-16(11-22(20)33-6-2)14-28-15-18(13-23(28)29)24-26-25(34-27-24)17-8-10-19(30-3)21(12-17)31-4/h7-12,18H,5-6,13-15H2,1-4H3. The summed E-state index contributed by atoms with van der Waals surface area (Å²) in [5.41, 5.74) is 1.69. The van der Waals surface area contributed by atoms with E-state index >= 15 is 0 Å². The van der Waals surface area contributed by atoms with Crippen LogP contribution < -0.4 is 18.9 Å². The van der Waals surface area contributed by atoms with Crippen molar-refractivity contribution in [3.63, 3.8) is 0 Å². The van der Waals surface area contributed by atoms with E-state index < -0.39 is 0 Å². The molecule has 9 nitrogen and oxygen atoms in total. The molecule has 1 aliphatic rings. The van der Waals surface area contributed by atoms with Crippen LogP contribution in [0, 0.1) is 0 Å². The van der Waals surface area contributed by atoms with Gasteiger partial charge in [-0.05, 0) is 49.7 Å². The Morgan fingerprint density at radius 1 is 0.971 bits per heavy atom. The van der Waals surface area contributed by atoms with Crippen LogP contribution in [0.2, 0.25) is 0 Å². The highest BCUT2D eigenvalue weighted by Crippen LogP contribution is 2.34. The summed E-state index contributed by atoms with van der Waals surface area (Å²) in [7, 11) is 3.15. The van der Waals surface area contributed by atoms with Crippen LogP contribution in [0.25, 0.3) is 11.5 Å². The Morgan fingerprint density at radius 3 is 2.44 bits per heavy atom. The van der Waals surface area contributed by atoms with Crippen molar-refractivity contribution < 1.29 is 28.3 Å². The minimum atomic E-state index is -0.140. The first kappa shape index (κ1) is 23.4. The number of benzene rings is 2. The van der Waals surface area contributed by atoms with Gasteiger partial charge in [-0.25, -0.2) is 0 Å². The highest BCUT2D eigenvalue weighted by molar-refractivity contribution is 5.79. The summed E-state index contributed by atoms with van der Waals surface area (Å²) in [4.78, 5) is 19.1. The van der Waals surface area contributed by atoms with E-state index in [4.69, 9.17) is 23.5 Å². The Labute approximate surface area is 198 Å². The number of amides is 1. The summed E-state index contributed by atoms with van der Waals surface area (Å²) in [6.45, 7) is 5.94. The first-order valence-corrected chi connectivity index (χ1v) is 11.3. The SMILES string of the molecule is CCOc1ccc(CN2CC(c3noc(-c4ccc(OC)c(OC)c4)n3)CC2=O)cc1OCC. The summed E-state index contributed by atoms with van der Waals surface area (Å²) in [6.07, 6.45) is 0.334. The lowest BCUT2D eigenvalue weighted by atomic mass is 10.1. The molecule has 4 rings (SSSR count). The van der Waals surface area contributed by atoms with Crippen LogP contribution in [0.4, 0.5) is 0 Å². The third-order valence-corrected chi connectivity index (χ3v) is 5.63. The van der Waals surface area contributed by atoms with Crippen LogP contribution in [-0.4, -0.2) is 54.9 Å². The molecule has 0 spiro atoms. The van der Waals surface area contributed by atoms with Gasteiger partial charge in [0, 0.05) is 31.0 Å². The van der Waals surface area contributed by atoms with E-state index in [1.807, 2.05) is 43.0 Å². The molecule has 0 radical (unpaired) electrons. The summed E-state index contributed by atoms with van der Waals surface area (Å²) in [6, 6.07) is 11.2. The first-order valence-electron chi connectivity index (χ1n) is 11.3. The van der Waals surface area contributed by atoms with Crippen LogP contribution in [0.1, 0.15) is 37.6 Å². The predicted molar refractivity (Wildman–Crippen MR) is 124 cm³/mol. The van der Waals surface area contributed by atoms with Crippen LogP contribution in [0.5, 0.6) is 23.0 Å². The summed E-state index contributed by atoms with van der Waals surface area (Å²) >= 11 is 0. The van der Waals surface area contributed by atoms with Crippen LogP contribution >= 0.6 is 0 Å². The van der Waals surface area contributed by atoms with E-state index in [1.165, 1.54) is 0 Å². The maximum Gasteiger partial charge on any atom is 0.258 e. The largest absolute Gasteiger partial charge is 0.493 e. The van der Waals surface area contributed by atoms with Gasteiger partial charge in [0.05, 0.1) is 27.4 Å². The van der Waals surface area contributed by atoms with Gasteiger partial charge in [0.25, 0.3) is 5.89 Å². The fourth-order valence-electron chi connectivity index (χ4n) is 4.00. The lowest BCUT2D eigenvalue weighted by Crippen LogP contribution is -2.24. The van der Waals surface area contributed by atoms with Gasteiger partial charge in [-0.15, -0.1) is 0 Å². The highest BCUT2D eigenvalue weighted by atomic mass is 16.5. The minimum absolute atomic E-state index is 0.0503. The summed E-state index contributed by atoms with van der Waals surface area (Å²) < 4.78 is 27.5. The topological polar surface area (TPSA) is 96.2 Å². The maximum absolute atomic E-state index is 12.7. The molecule has 1 amide bonds. The molecule has 34 heavy (non-hydrogen) atoms. The normalized spacial score (nSPS) is 15.5. The Hall–Kier alpha value is -3.75. The molecule has 2 heterocycles. The lowest BCUT2D eigenvalue weighted by molar-refractivity contribution is -0.128. The van der Waals surface area contributed by atoms with Gasteiger partial charge in [0.2, 0.25) is 5.91 Å². The van der Waals surface area contributed by atoms with E-state index in [0.29, 0.717) is 67.4 Å².